The van der Waals surface area contributed by atoms with Crippen LogP contribution in [0.2, 0.25) is 0 Å². The van der Waals surface area contributed by atoms with E-state index < -0.39 is 0 Å². The molecular formula is C51H33NO. The Bertz CT molecular complexity index is 3320. The van der Waals surface area contributed by atoms with Crippen LogP contribution in [0.3, 0.4) is 0 Å². The van der Waals surface area contributed by atoms with Crippen LogP contribution in [0.4, 0.5) is 0 Å². The summed E-state index contributed by atoms with van der Waals surface area (Å²) in [4.78, 5) is 0. The maximum absolute atomic E-state index is 6.72. The molecule has 2 nitrogen and oxygen atoms in total. The standard InChI is InChI=1S/C51H33NO/c1-51(2)42-27-28-45-47(48(42)49-43(51)26-25-39-38-15-8-10-18-46(38)53-50(39)49)40-16-7-9-17-44(40)52(45)32-22-19-30(20-23-32)31-21-24-37-35-13-4-3-11-33(35)34-12-5-6-14-36(34)41(37)29-31/h3-29H,1-2H3. The summed E-state index contributed by atoms with van der Waals surface area (Å²) in [5, 5.41) is 12.7. The van der Waals surface area contributed by atoms with Gasteiger partial charge < -0.3 is 8.98 Å². The number of furan rings is 1. The van der Waals surface area contributed by atoms with Crippen LogP contribution in [-0.4, -0.2) is 4.57 Å². The second kappa shape index (κ2) is 10.2. The van der Waals surface area contributed by atoms with Crippen LogP contribution in [0.1, 0.15) is 25.0 Å². The van der Waals surface area contributed by atoms with Crippen molar-refractivity contribution in [3.8, 4) is 27.9 Å². The van der Waals surface area contributed by atoms with Crippen molar-refractivity contribution >= 4 is 76.1 Å². The molecule has 0 bridgehead atoms. The van der Waals surface area contributed by atoms with E-state index in [-0.39, 0.29) is 5.41 Å². The summed E-state index contributed by atoms with van der Waals surface area (Å²) >= 11 is 0. The van der Waals surface area contributed by atoms with Gasteiger partial charge in [0.2, 0.25) is 0 Å². The molecule has 0 saturated heterocycles. The largest absolute Gasteiger partial charge is 0.455 e. The third-order valence-corrected chi connectivity index (χ3v) is 12.2. The van der Waals surface area contributed by atoms with E-state index >= 15 is 0 Å². The van der Waals surface area contributed by atoms with E-state index in [1.54, 1.807) is 0 Å². The van der Waals surface area contributed by atoms with Crippen molar-refractivity contribution in [2.75, 3.05) is 0 Å². The molecule has 53 heavy (non-hydrogen) atoms. The molecule has 12 rings (SSSR count). The zero-order valence-electron chi connectivity index (χ0n) is 29.4. The van der Waals surface area contributed by atoms with Gasteiger partial charge in [0, 0.05) is 38.2 Å². The lowest BCUT2D eigenvalue weighted by atomic mass is 9.82. The molecule has 2 aromatic heterocycles. The Labute approximate surface area is 306 Å². The fourth-order valence-corrected chi connectivity index (χ4v) is 9.71. The first-order chi connectivity index (χ1) is 26.1. The summed E-state index contributed by atoms with van der Waals surface area (Å²) in [6, 6.07) is 60.3. The van der Waals surface area contributed by atoms with Crippen molar-refractivity contribution in [1.29, 1.82) is 0 Å². The number of fused-ring (bicyclic) bond motifs is 17. The molecule has 2 heterocycles. The lowest BCUT2D eigenvalue weighted by Crippen LogP contribution is -2.14. The van der Waals surface area contributed by atoms with Gasteiger partial charge in [-0.15, -0.1) is 0 Å². The predicted octanol–water partition coefficient (Wildman–Crippen LogP) is 14.1. The summed E-state index contributed by atoms with van der Waals surface area (Å²) in [6.45, 7) is 4.71. The normalized spacial score (nSPS) is 13.6. The molecule has 0 unspecified atom stereocenters. The maximum atomic E-state index is 6.72. The van der Waals surface area contributed by atoms with Gasteiger partial charge >= 0.3 is 0 Å². The Balaban J connectivity index is 1.06. The third-order valence-electron chi connectivity index (χ3n) is 12.2. The molecule has 1 aliphatic carbocycles. The van der Waals surface area contributed by atoms with Crippen molar-refractivity contribution in [2.45, 2.75) is 19.3 Å². The molecule has 0 saturated carbocycles. The molecule has 0 fully saturated rings. The van der Waals surface area contributed by atoms with Gasteiger partial charge in [0.25, 0.3) is 0 Å². The average Bonchev–Trinajstić information content (AvgIpc) is 3.83. The van der Waals surface area contributed by atoms with Crippen molar-refractivity contribution in [1.82, 2.24) is 4.57 Å². The summed E-state index contributed by atoms with van der Waals surface area (Å²) in [6.07, 6.45) is 0. The molecular weight excluding hydrogens is 643 g/mol. The predicted molar refractivity (Wildman–Crippen MR) is 224 cm³/mol. The highest BCUT2D eigenvalue weighted by Crippen LogP contribution is 2.56. The Morgan fingerprint density at radius 3 is 1.70 bits per heavy atom. The number of hydrogen-bond donors (Lipinski definition) is 0. The number of nitrogens with zero attached hydrogens (tertiary/aromatic N) is 1. The van der Waals surface area contributed by atoms with Crippen LogP contribution in [0.15, 0.2) is 168 Å². The highest BCUT2D eigenvalue weighted by atomic mass is 16.3. The van der Waals surface area contributed by atoms with E-state index in [0.717, 1.165) is 16.9 Å². The summed E-state index contributed by atoms with van der Waals surface area (Å²) in [7, 11) is 0. The maximum Gasteiger partial charge on any atom is 0.143 e. The third kappa shape index (κ3) is 3.77. The zero-order chi connectivity index (χ0) is 35.0. The van der Waals surface area contributed by atoms with Crippen LogP contribution in [0.25, 0.3) is 104 Å². The molecule has 11 aromatic rings. The van der Waals surface area contributed by atoms with E-state index in [0.29, 0.717) is 0 Å². The van der Waals surface area contributed by atoms with Crippen LogP contribution in [0, 0.1) is 0 Å². The Kier molecular flexibility index (Phi) is 5.60. The summed E-state index contributed by atoms with van der Waals surface area (Å²) in [5.41, 5.74) is 13.0. The fourth-order valence-electron chi connectivity index (χ4n) is 9.71. The van der Waals surface area contributed by atoms with E-state index in [4.69, 9.17) is 4.42 Å². The number of benzene rings is 9. The van der Waals surface area contributed by atoms with E-state index in [1.807, 2.05) is 0 Å². The number of aromatic nitrogens is 1. The average molecular weight is 676 g/mol. The van der Waals surface area contributed by atoms with Crippen molar-refractivity contribution in [3.63, 3.8) is 0 Å². The summed E-state index contributed by atoms with van der Waals surface area (Å²) < 4.78 is 9.16. The van der Waals surface area contributed by atoms with E-state index in [2.05, 4.69) is 182 Å². The second-order valence-electron chi connectivity index (χ2n) is 15.2. The molecule has 0 N–H and O–H groups in total. The highest BCUT2D eigenvalue weighted by molar-refractivity contribution is 6.26. The van der Waals surface area contributed by atoms with Crippen molar-refractivity contribution in [2.24, 2.45) is 0 Å². The topological polar surface area (TPSA) is 18.1 Å². The lowest BCUT2D eigenvalue weighted by molar-refractivity contribution is 0.653. The molecule has 0 atom stereocenters. The highest BCUT2D eigenvalue weighted by Gasteiger charge is 2.39. The first kappa shape index (κ1) is 29.0. The molecule has 0 aliphatic heterocycles. The van der Waals surface area contributed by atoms with Gasteiger partial charge in [0.05, 0.1) is 11.0 Å². The number of para-hydroxylation sites is 2. The molecule has 0 spiro atoms. The Morgan fingerprint density at radius 2 is 0.962 bits per heavy atom. The Morgan fingerprint density at radius 1 is 0.415 bits per heavy atom. The quantitative estimate of drug-likeness (QED) is 0.167. The van der Waals surface area contributed by atoms with Gasteiger partial charge in [0.15, 0.2) is 0 Å². The minimum absolute atomic E-state index is 0.158. The first-order valence-corrected chi connectivity index (χ1v) is 18.5. The second-order valence-corrected chi connectivity index (χ2v) is 15.2. The minimum atomic E-state index is -0.158. The number of hydrogen-bond acceptors (Lipinski definition) is 1. The van der Waals surface area contributed by atoms with Gasteiger partial charge in [-0.2, -0.15) is 0 Å². The van der Waals surface area contributed by atoms with Gasteiger partial charge in [-0.3, -0.25) is 0 Å². The van der Waals surface area contributed by atoms with Gasteiger partial charge in [0.1, 0.15) is 11.2 Å². The van der Waals surface area contributed by atoms with E-state index in [1.165, 1.54) is 98.3 Å². The van der Waals surface area contributed by atoms with Gasteiger partial charge in [-0.1, -0.05) is 141 Å². The van der Waals surface area contributed by atoms with Crippen molar-refractivity contribution < 1.29 is 4.42 Å². The van der Waals surface area contributed by atoms with Gasteiger partial charge in [-0.05, 0) is 96.5 Å². The number of rotatable bonds is 2. The van der Waals surface area contributed by atoms with Crippen LogP contribution in [0.5, 0.6) is 0 Å². The lowest BCUT2D eigenvalue weighted by Gasteiger charge is -2.21. The van der Waals surface area contributed by atoms with E-state index in [9.17, 15) is 0 Å². The van der Waals surface area contributed by atoms with Crippen LogP contribution >= 0.6 is 0 Å². The monoisotopic (exact) mass is 675 g/mol. The zero-order valence-corrected chi connectivity index (χ0v) is 29.4. The minimum Gasteiger partial charge on any atom is -0.455 e. The molecule has 9 aromatic carbocycles. The first-order valence-electron chi connectivity index (χ1n) is 18.5. The molecule has 2 heteroatoms. The smallest absolute Gasteiger partial charge is 0.143 e. The molecule has 248 valence electrons. The van der Waals surface area contributed by atoms with Crippen molar-refractivity contribution in [3.05, 3.63) is 175 Å². The molecule has 0 radical (unpaired) electrons. The van der Waals surface area contributed by atoms with Crippen LogP contribution < -0.4 is 0 Å². The van der Waals surface area contributed by atoms with Crippen LogP contribution in [-0.2, 0) is 5.41 Å². The Hall–Kier alpha value is -6.64. The molecule has 1 aliphatic rings. The van der Waals surface area contributed by atoms with Gasteiger partial charge in [-0.25, -0.2) is 0 Å². The SMILES string of the molecule is CC1(C)c2ccc3c(oc4ccccc43)c2-c2c1ccc1c2c2ccccc2n1-c1ccc(-c2ccc3c4ccccc4c4ccccc4c3c2)cc1. The molecule has 0 amide bonds. The fraction of sp³-hybridized carbons (Fsp3) is 0.0588. The summed E-state index contributed by atoms with van der Waals surface area (Å²) in [5.74, 6) is 0.